The van der Waals surface area contributed by atoms with Crippen LogP contribution in [0, 0.1) is 16.7 Å². The molecule has 2 rings (SSSR count). The fraction of sp³-hybridized carbons (Fsp3) is 0.154. The summed E-state index contributed by atoms with van der Waals surface area (Å²) in [6.45, 7) is 8.98. The number of hydrogen-bond donors (Lipinski definition) is 0. The van der Waals surface area contributed by atoms with Gasteiger partial charge in [-0.3, -0.25) is 10.1 Å². The summed E-state index contributed by atoms with van der Waals surface area (Å²) in [5.41, 5.74) is 1.24. The third kappa shape index (κ3) is 2.87. The molecule has 1 aromatic heterocycles. The molecule has 0 saturated heterocycles. The number of benzene rings is 1. The van der Waals surface area contributed by atoms with Crippen LogP contribution in [-0.2, 0) is 6.42 Å². The molecule has 0 spiro atoms. The lowest BCUT2D eigenvalue weighted by atomic mass is 10.1. The highest BCUT2D eigenvalue weighted by atomic mass is 16.6. The molecule has 0 amide bonds. The van der Waals surface area contributed by atoms with E-state index in [1.165, 1.54) is 0 Å². The van der Waals surface area contributed by atoms with Crippen LogP contribution in [0.4, 0.5) is 11.4 Å². The second-order valence-corrected chi connectivity index (χ2v) is 3.84. The van der Waals surface area contributed by atoms with Crippen LogP contribution in [-0.4, -0.2) is 14.9 Å². The molecule has 0 aliphatic rings. The van der Waals surface area contributed by atoms with Crippen molar-refractivity contribution >= 4 is 11.4 Å². The Hall–Kier alpha value is -3.01. The Morgan fingerprint density at radius 3 is 2.65 bits per heavy atom. The maximum absolute atomic E-state index is 10.5. The van der Waals surface area contributed by atoms with Crippen LogP contribution in [0.3, 0.4) is 0 Å². The van der Waals surface area contributed by atoms with Crippen LogP contribution >= 0.6 is 0 Å². The zero-order valence-corrected chi connectivity index (χ0v) is 10.6. The third-order valence-electron chi connectivity index (χ3n) is 2.59. The molecule has 0 radical (unpaired) electrons. The van der Waals surface area contributed by atoms with E-state index >= 15 is 0 Å². The molecule has 0 atom stereocenters. The smallest absolute Gasteiger partial charge is 0.322 e. The summed E-state index contributed by atoms with van der Waals surface area (Å²) in [5.74, 6) is 0.489. The Morgan fingerprint density at radius 2 is 2.10 bits per heavy atom. The van der Waals surface area contributed by atoms with E-state index in [-0.39, 0.29) is 11.7 Å². The molecule has 1 aromatic carbocycles. The lowest BCUT2D eigenvalue weighted by molar-refractivity contribution is -0.385. The summed E-state index contributed by atoms with van der Waals surface area (Å²) in [6.07, 6.45) is 2.86. The Balaban J connectivity index is 2.22. The first-order chi connectivity index (χ1) is 9.63. The van der Waals surface area contributed by atoms with Crippen molar-refractivity contribution in [1.29, 1.82) is 0 Å². The number of nitro groups is 1. The van der Waals surface area contributed by atoms with Gasteiger partial charge in [-0.15, -0.1) is 0 Å². The van der Waals surface area contributed by atoms with Gasteiger partial charge < -0.3 is 4.74 Å². The van der Waals surface area contributed by atoms with Crippen LogP contribution in [0.25, 0.3) is 4.85 Å². The Kier molecular flexibility index (Phi) is 3.86. The van der Waals surface area contributed by atoms with E-state index in [0.29, 0.717) is 17.9 Å². The molecular weight excluding hydrogens is 260 g/mol. The highest BCUT2D eigenvalue weighted by Gasteiger charge is 2.09. The maximum Gasteiger partial charge on any atom is 0.322 e. The van der Waals surface area contributed by atoms with Crippen LogP contribution in [0.5, 0.6) is 11.8 Å². The number of ether oxygens (including phenoxy) is 1. The molecule has 0 bridgehead atoms. The zero-order valence-electron chi connectivity index (χ0n) is 10.6. The van der Waals surface area contributed by atoms with Gasteiger partial charge in [-0.05, 0) is 24.1 Å². The van der Waals surface area contributed by atoms with Crippen molar-refractivity contribution in [2.75, 3.05) is 0 Å². The van der Waals surface area contributed by atoms with Gasteiger partial charge in [0.2, 0.25) is 0 Å². The van der Waals surface area contributed by atoms with E-state index in [2.05, 4.69) is 14.8 Å². The van der Waals surface area contributed by atoms with Crippen molar-refractivity contribution in [1.82, 2.24) is 9.97 Å². The van der Waals surface area contributed by atoms with E-state index in [1.807, 2.05) is 6.92 Å². The summed E-state index contributed by atoms with van der Waals surface area (Å²) in [4.78, 5) is 20.8. The zero-order chi connectivity index (χ0) is 14.5. The predicted molar refractivity (Wildman–Crippen MR) is 70.8 cm³/mol. The standard InChI is InChI=1S/C13H10N4O3/c1-3-9-6-11(4-5-12(9)14-2)20-13-15-7-10(8-16-13)17(18)19/h4-8H,3H2,1H3. The highest BCUT2D eigenvalue weighted by Crippen LogP contribution is 2.27. The minimum absolute atomic E-state index is 0.0215. The largest absolute Gasteiger partial charge is 0.424 e. The van der Waals surface area contributed by atoms with Gasteiger partial charge in [0, 0.05) is 0 Å². The van der Waals surface area contributed by atoms with E-state index in [4.69, 9.17) is 11.3 Å². The second-order valence-electron chi connectivity index (χ2n) is 3.84. The number of hydrogen-bond acceptors (Lipinski definition) is 5. The minimum atomic E-state index is -0.580. The molecule has 0 saturated carbocycles. The first-order valence-electron chi connectivity index (χ1n) is 5.78. The average molecular weight is 270 g/mol. The van der Waals surface area contributed by atoms with Crippen molar-refractivity contribution in [3.8, 4) is 11.8 Å². The number of nitrogens with zero attached hydrogens (tertiary/aromatic N) is 4. The normalized spacial score (nSPS) is 9.80. The molecule has 0 N–H and O–H groups in total. The quantitative estimate of drug-likeness (QED) is 0.483. The van der Waals surface area contributed by atoms with Crippen molar-refractivity contribution in [3.05, 3.63) is 57.7 Å². The predicted octanol–water partition coefficient (Wildman–Crippen LogP) is 3.29. The fourth-order valence-corrected chi connectivity index (χ4v) is 1.58. The Labute approximate surface area is 114 Å². The molecule has 0 aliphatic carbocycles. The van der Waals surface area contributed by atoms with Gasteiger partial charge in [0.25, 0.3) is 0 Å². The lowest BCUT2D eigenvalue weighted by Gasteiger charge is -2.06. The molecule has 7 heteroatoms. The topological polar surface area (TPSA) is 82.5 Å². The maximum atomic E-state index is 10.5. The van der Waals surface area contributed by atoms with Gasteiger partial charge in [0.15, 0.2) is 5.69 Å². The summed E-state index contributed by atoms with van der Waals surface area (Å²) in [5, 5.41) is 10.5. The van der Waals surface area contributed by atoms with E-state index in [1.54, 1.807) is 18.2 Å². The molecule has 20 heavy (non-hydrogen) atoms. The highest BCUT2D eigenvalue weighted by molar-refractivity contribution is 5.55. The molecule has 100 valence electrons. The first kappa shape index (κ1) is 13.4. The van der Waals surface area contributed by atoms with E-state index in [9.17, 15) is 10.1 Å². The van der Waals surface area contributed by atoms with Gasteiger partial charge >= 0.3 is 11.7 Å². The van der Waals surface area contributed by atoms with Crippen LogP contribution in [0.1, 0.15) is 12.5 Å². The summed E-state index contributed by atoms with van der Waals surface area (Å²) in [6, 6.07) is 5.05. The van der Waals surface area contributed by atoms with Crippen LogP contribution < -0.4 is 4.74 Å². The number of aromatic nitrogens is 2. The van der Waals surface area contributed by atoms with Crippen molar-refractivity contribution in [2.24, 2.45) is 0 Å². The van der Waals surface area contributed by atoms with Gasteiger partial charge in [-0.2, -0.15) is 9.97 Å². The van der Waals surface area contributed by atoms with Crippen molar-refractivity contribution < 1.29 is 9.66 Å². The average Bonchev–Trinajstić information content (AvgIpc) is 2.47. The second kappa shape index (κ2) is 5.75. The number of aryl methyl sites for hydroxylation is 1. The molecular formula is C13H10N4O3. The molecule has 2 aromatic rings. The minimum Gasteiger partial charge on any atom is -0.424 e. The van der Waals surface area contributed by atoms with Gasteiger partial charge in [-0.25, -0.2) is 4.85 Å². The monoisotopic (exact) mass is 270 g/mol. The Morgan fingerprint density at radius 1 is 1.40 bits per heavy atom. The Bertz CT molecular complexity index is 677. The molecule has 0 aliphatic heterocycles. The summed E-state index contributed by atoms with van der Waals surface area (Å²) < 4.78 is 5.41. The van der Waals surface area contributed by atoms with Gasteiger partial charge in [0.05, 0.1) is 11.5 Å². The summed E-state index contributed by atoms with van der Waals surface area (Å²) >= 11 is 0. The van der Waals surface area contributed by atoms with Crippen LogP contribution in [0.15, 0.2) is 30.6 Å². The van der Waals surface area contributed by atoms with E-state index < -0.39 is 4.92 Å². The lowest BCUT2D eigenvalue weighted by Crippen LogP contribution is -1.95. The van der Waals surface area contributed by atoms with Gasteiger partial charge in [0.1, 0.15) is 18.1 Å². The van der Waals surface area contributed by atoms with Crippen molar-refractivity contribution in [2.45, 2.75) is 13.3 Å². The van der Waals surface area contributed by atoms with Crippen LogP contribution in [0.2, 0.25) is 0 Å². The SMILES string of the molecule is [C-]#[N+]c1ccc(Oc2ncc([N+](=O)[O-])cn2)cc1CC. The molecule has 0 fully saturated rings. The molecule has 7 nitrogen and oxygen atoms in total. The van der Waals surface area contributed by atoms with Crippen molar-refractivity contribution in [3.63, 3.8) is 0 Å². The summed E-state index contributed by atoms with van der Waals surface area (Å²) in [7, 11) is 0. The first-order valence-corrected chi connectivity index (χ1v) is 5.78. The van der Waals surface area contributed by atoms with E-state index in [0.717, 1.165) is 18.0 Å². The van der Waals surface area contributed by atoms with Gasteiger partial charge in [-0.1, -0.05) is 13.0 Å². The fourth-order valence-electron chi connectivity index (χ4n) is 1.58. The molecule has 1 heterocycles. The molecule has 0 unspecified atom stereocenters. The number of rotatable bonds is 4. The third-order valence-corrected chi connectivity index (χ3v) is 2.59.